The van der Waals surface area contributed by atoms with E-state index < -0.39 is 17.5 Å². The topological polar surface area (TPSA) is 40.6 Å². The Balaban J connectivity index is 1.57. The number of piperidine rings is 1. The lowest BCUT2D eigenvalue weighted by Gasteiger charge is -2.33. The molecular formula is C22H24F2N2O2. The average Bonchev–Trinajstić information content (AvgIpc) is 2.69. The molecule has 0 aliphatic carbocycles. The van der Waals surface area contributed by atoms with Gasteiger partial charge in [-0.05, 0) is 43.0 Å². The fraction of sp³-hybridized carbons (Fsp3) is 0.364. The third-order valence-corrected chi connectivity index (χ3v) is 5.34. The standard InChI is InChI=1S/C22H24F2N2O2/c1-15-5-3-4-6-17(15)14-25(2)21(27)16-9-11-26(12-10-16)22(28)19-8-7-18(23)13-20(19)24/h3-8,13,16H,9-12,14H2,1-2H3. The molecule has 0 radical (unpaired) electrons. The number of likely N-dealkylation sites (tertiary alicyclic amines) is 1. The molecule has 1 heterocycles. The number of hydrogen-bond donors (Lipinski definition) is 0. The Labute approximate surface area is 163 Å². The molecule has 0 atom stereocenters. The van der Waals surface area contributed by atoms with Crippen LogP contribution in [0, 0.1) is 24.5 Å². The van der Waals surface area contributed by atoms with E-state index in [0.29, 0.717) is 38.5 Å². The monoisotopic (exact) mass is 386 g/mol. The van der Waals surface area contributed by atoms with Gasteiger partial charge in [-0.1, -0.05) is 24.3 Å². The van der Waals surface area contributed by atoms with E-state index in [0.717, 1.165) is 17.2 Å². The molecule has 148 valence electrons. The van der Waals surface area contributed by atoms with Crippen LogP contribution in [0.25, 0.3) is 0 Å². The van der Waals surface area contributed by atoms with Crippen molar-refractivity contribution >= 4 is 11.8 Å². The number of rotatable bonds is 4. The maximum Gasteiger partial charge on any atom is 0.256 e. The van der Waals surface area contributed by atoms with Crippen LogP contribution in [0.1, 0.15) is 34.3 Å². The first-order chi connectivity index (χ1) is 13.4. The third kappa shape index (κ3) is 4.38. The predicted molar refractivity (Wildman–Crippen MR) is 103 cm³/mol. The fourth-order valence-electron chi connectivity index (χ4n) is 3.60. The molecule has 0 spiro atoms. The molecule has 0 saturated carbocycles. The fourth-order valence-corrected chi connectivity index (χ4v) is 3.60. The molecule has 1 aliphatic rings. The van der Waals surface area contributed by atoms with E-state index in [9.17, 15) is 18.4 Å². The van der Waals surface area contributed by atoms with Gasteiger partial charge < -0.3 is 9.80 Å². The summed E-state index contributed by atoms with van der Waals surface area (Å²) in [7, 11) is 1.79. The van der Waals surface area contributed by atoms with Gasteiger partial charge in [-0.3, -0.25) is 9.59 Å². The molecule has 0 aromatic heterocycles. The highest BCUT2D eigenvalue weighted by Gasteiger charge is 2.30. The first-order valence-electron chi connectivity index (χ1n) is 9.40. The van der Waals surface area contributed by atoms with E-state index >= 15 is 0 Å². The van der Waals surface area contributed by atoms with Gasteiger partial charge in [0.2, 0.25) is 5.91 Å². The molecule has 4 nitrogen and oxygen atoms in total. The molecule has 28 heavy (non-hydrogen) atoms. The van der Waals surface area contributed by atoms with Crippen LogP contribution in [-0.4, -0.2) is 41.8 Å². The van der Waals surface area contributed by atoms with Gasteiger partial charge in [-0.15, -0.1) is 0 Å². The molecule has 3 rings (SSSR count). The maximum atomic E-state index is 13.9. The van der Waals surface area contributed by atoms with E-state index in [1.54, 1.807) is 11.9 Å². The lowest BCUT2D eigenvalue weighted by molar-refractivity contribution is -0.136. The Bertz CT molecular complexity index is 877. The predicted octanol–water partition coefficient (Wildman–Crippen LogP) is 3.78. The lowest BCUT2D eigenvalue weighted by atomic mass is 9.94. The summed E-state index contributed by atoms with van der Waals surface area (Å²) in [5.41, 5.74) is 2.12. The van der Waals surface area contributed by atoms with Crippen molar-refractivity contribution in [2.24, 2.45) is 5.92 Å². The minimum atomic E-state index is -0.860. The molecule has 1 saturated heterocycles. The number of carbonyl (C=O) groups excluding carboxylic acids is 2. The number of hydrogen-bond acceptors (Lipinski definition) is 2. The van der Waals surface area contributed by atoms with Crippen LogP contribution in [-0.2, 0) is 11.3 Å². The molecule has 1 aliphatic heterocycles. The first kappa shape index (κ1) is 20.0. The average molecular weight is 386 g/mol. The molecule has 2 amide bonds. The van der Waals surface area contributed by atoms with Crippen molar-refractivity contribution in [3.8, 4) is 0 Å². The number of amides is 2. The number of carbonyl (C=O) groups is 2. The minimum Gasteiger partial charge on any atom is -0.341 e. The summed E-state index contributed by atoms with van der Waals surface area (Å²) in [5, 5.41) is 0. The number of benzene rings is 2. The molecule has 2 aromatic rings. The summed E-state index contributed by atoms with van der Waals surface area (Å²) < 4.78 is 26.9. The summed E-state index contributed by atoms with van der Waals surface area (Å²) in [6.45, 7) is 3.33. The second kappa shape index (κ2) is 8.50. The zero-order valence-electron chi connectivity index (χ0n) is 16.1. The first-order valence-corrected chi connectivity index (χ1v) is 9.40. The quantitative estimate of drug-likeness (QED) is 0.802. The lowest BCUT2D eigenvalue weighted by Crippen LogP contribution is -2.43. The SMILES string of the molecule is Cc1ccccc1CN(C)C(=O)C1CCN(C(=O)c2ccc(F)cc2F)CC1. The minimum absolute atomic E-state index is 0.0586. The van der Waals surface area contributed by atoms with E-state index in [4.69, 9.17) is 0 Å². The van der Waals surface area contributed by atoms with Crippen LogP contribution >= 0.6 is 0 Å². The van der Waals surface area contributed by atoms with Crippen LogP contribution in [0.4, 0.5) is 8.78 Å². The van der Waals surface area contributed by atoms with Crippen molar-refractivity contribution in [2.45, 2.75) is 26.3 Å². The van der Waals surface area contributed by atoms with Gasteiger partial charge in [-0.2, -0.15) is 0 Å². The summed E-state index contributed by atoms with van der Waals surface area (Å²) in [6.07, 6.45) is 1.07. The largest absolute Gasteiger partial charge is 0.341 e. The van der Waals surface area contributed by atoms with E-state index in [2.05, 4.69) is 0 Å². The van der Waals surface area contributed by atoms with Gasteiger partial charge in [-0.25, -0.2) is 8.78 Å². The highest BCUT2D eigenvalue weighted by molar-refractivity contribution is 5.94. The van der Waals surface area contributed by atoms with Crippen LogP contribution in [0.2, 0.25) is 0 Å². The van der Waals surface area contributed by atoms with Crippen LogP contribution in [0.5, 0.6) is 0 Å². The van der Waals surface area contributed by atoms with Gasteiger partial charge in [0.25, 0.3) is 5.91 Å². The Morgan fingerprint density at radius 1 is 1.11 bits per heavy atom. The normalized spacial score (nSPS) is 14.8. The highest BCUT2D eigenvalue weighted by atomic mass is 19.1. The Morgan fingerprint density at radius 3 is 2.43 bits per heavy atom. The van der Waals surface area contributed by atoms with Crippen molar-refractivity contribution in [1.29, 1.82) is 0 Å². The van der Waals surface area contributed by atoms with Crippen molar-refractivity contribution < 1.29 is 18.4 Å². The van der Waals surface area contributed by atoms with Gasteiger partial charge >= 0.3 is 0 Å². The van der Waals surface area contributed by atoms with Gasteiger partial charge in [0.15, 0.2) is 0 Å². The zero-order chi connectivity index (χ0) is 20.3. The maximum absolute atomic E-state index is 13.9. The summed E-state index contributed by atoms with van der Waals surface area (Å²) in [4.78, 5) is 28.5. The smallest absolute Gasteiger partial charge is 0.256 e. The second-order valence-corrected chi connectivity index (χ2v) is 7.31. The Morgan fingerprint density at radius 2 is 1.79 bits per heavy atom. The van der Waals surface area contributed by atoms with E-state index in [1.807, 2.05) is 31.2 Å². The molecular weight excluding hydrogens is 362 g/mol. The summed E-state index contributed by atoms with van der Waals surface area (Å²) >= 11 is 0. The molecule has 6 heteroatoms. The van der Waals surface area contributed by atoms with E-state index in [-0.39, 0.29) is 17.4 Å². The molecule has 0 N–H and O–H groups in total. The van der Waals surface area contributed by atoms with Gasteiger partial charge in [0.1, 0.15) is 11.6 Å². The van der Waals surface area contributed by atoms with E-state index in [1.165, 1.54) is 11.0 Å². The number of nitrogens with zero attached hydrogens (tertiary/aromatic N) is 2. The Hall–Kier alpha value is -2.76. The molecule has 0 unspecified atom stereocenters. The van der Waals surface area contributed by atoms with Crippen LogP contribution in [0.15, 0.2) is 42.5 Å². The molecule has 1 fully saturated rings. The summed E-state index contributed by atoms with van der Waals surface area (Å²) in [6, 6.07) is 10.9. The van der Waals surface area contributed by atoms with Gasteiger partial charge in [0, 0.05) is 38.7 Å². The van der Waals surface area contributed by atoms with Crippen molar-refractivity contribution in [2.75, 3.05) is 20.1 Å². The number of halogens is 2. The van der Waals surface area contributed by atoms with Gasteiger partial charge in [0.05, 0.1) is 5.56 Å². The van der Waals surface area contributed by atoms with Crippen LogP contribution < -0.4 is 0 Å². The number of aryl methyl sites for hydroxylation is 1. The van der Waals surface area contributed by atoms with Crippen LogP contribution in [0.3, 0.4) is 0 Å². The van der Waals surface area contributed by atoms with Crippen molar-refractivity contribution in [3.63, 3.8) is 0 Å². The second-order valence-electron chi connectivity index (χ2n) is 7.31. The third-order valence-electron chi connectivity index (χ3n) is 5.34. The molecule has 0 bridgehead atoms. The van der Waals surface area contributed by atoms with Crippen molar-refractivity contribution in [3.05, 3.63) is 70.8 Å². The highest BCUT2D eigenvalue weighted by Crippen LogP contribution is 2.23. The Kier molecular flexibility index (Phi) is 6.07. The van der Waals surface area contributed by atoms with Crippen molar-refractivity contribution in [1.82, 2.24) is 9.80 Å². The molecule has 2 aromatic carbocycles. The summed E-state index contributed by atoms with van der Waals surface area (Å²) in [5.74, 6) is -2.13. The zero-order valence-corrected chi connectivity index (χ0v) is 16.1.